The molecule has 9 heavy (non-hydrogen) atoms. The molecule has 0 heterocycles. The van der Waals surface area contributed by atoms with E-state index >= 15 is 0 Å². The van der Waals surface area contributed by atoms with Gasteiger partial charge in [-0.1, -0.05) is 44.8 Å². The van der Waals surface area contributed by atoms with Gasteiger partial charge in [-0.25, -0.2) is 0 Å². The van der Waals surface area contributed by atoms with Crippen LogP contribution in [0.2, 0.25) is 0 Å². The number of rotatable bonds is 6. The van der Waals surface area contributed by atoms with Crippen molar-refractivity contribution in [3.63, 3.8) is 0 Å². The van der Waals surface area contributed by atoms with Crippen LogP contribution in [0.5, 0.6) is 0 Å². The third kappa shape index (κ3) is 8.09. The molecule has 0 nitrogen and oxygen atoms in total. The third-order valence-corrected chi connectivity index (χ3v) is 1.56. The Hall–Kier alpha value is 0.0900. The summed E-state index contributed by atoms with van der Waals surface area (Å²) in [5.74, 6) is 0. The van der Waals surface area contributed by atoms with Gasteiger partial charge in [-0.3, -0.25) is 0 Å². The van der Waals surface area contributed by atoms with Crippen molar-refractivity contribution in [1.82, 2.24) is 0 Å². The first-order valence-electron chi connectivity index (χ1n) is 3.64. The maximum atomic E-state index is 4.69. The fraction of sp³-hybridized carbons (Fsp3) is 0.750. The summed E-state index contributed by atoms with van der Waals surface area (Å²) in [4.78, 5) is 0. The maximum absolute atomic E-state index is 4.69. The van der Waals surface area contributed by atoms with Gasteiger partial charge in [0.1, 0.15) is 0 Å². The Morgan fingerprint density at radius 1 is 1.11 bits per heavy atom. The van der Waals surface area contributed by atoms with Crippen LogP contribution in [0.3, 0.4) is 0 Å². The van der Waals surface area contributed by atoms with Gasteiger partial charge in [0.25, 0.3) is 0 Å². The zero-order valence-electron chi connectivity index (χ0n) is 5.94. The first-order valence-corrected chi connectivity index (χ1v) is 4.12. The van der Waals surface area contributed by atoms with E-state index in [2.05, 4.69) is 6.92 Å². The summed E-state index contributed by atoms with van der Waals surface area (Å²) in [5, 5.41) is 1.82. The topological polar surface area (TPSA) is 0 Å². The molecule has 1 heteroatoms. The smallest absolute Gasteiger partial charge is 0.0210 e. The summed E-state index contributed by atoms with van der Waals surface area (Å²) in [6.07, 6.45) is 7.38. The largest absolute Gasteiger partial charge is 0.0935 e. The van der Waals surface area contributed by atoms with Crippen molar-refractivity contribution < 1.29 is 0 Å². The maximum Gasteiger partial charge on any atom is -0.0210 e. The first-order chi connectivity index (χ1) is 4.41. The normalized spacial score (nSPS) is 9.44. The molecule has 0 aromatic carbocycles. The van der Waals surface area contributed by atoms with Crippen molar-refractivity contribution in [3.05, 3.63) is 6.92 Å². The molecule has 0 amide bonds. The van der Waals surface area contributed by atoms with Gasteiger partial charge in [-0.05, 0) is 18.2 Å². The highest BCUT2D eigenvalue weighted by molar-refractivity contribution is 7.78. The first kappa shape index (κ1) is 9.09. The molecule has 0 rings (SSSR count). The molecule has 0 saturated heterocycles. The standard InChI is InChI=1S/C8H15S/c1-2-3-4-5-6-7-8-9/h8H,1-7H2. The molecule has 0 aliphatic carbocycles. The zero-order chi connectivity index (χ0) is 6.95. The van der Waals surface area contributed by atoms with E-state index in [0.29, 0.717) is 0 Å². The average Bonchev–Trinajstić information content (AvgIpc) is 1.89. The van der Waals surface area contributed by atoms with Gasteiger partial charge < -0.3 is 0 Å². The van der Waals surface area contributed by atoms with Crippen molar-refractivity contribution >= 4 is 17.6 Å². The number of hydrogen-bond donors (Lipinski definition) is 0. The molecule has 1 radical (unpaired) electrons. The summed E-state index contributed by atoms with van der Waals surface area (Å²) in [6.45, 7) is 3.78. The molecule has 0 spiro atoms. The SMILES string of the molecule is [CH2]CCCCCCC=S. The molecule has 53 valence electrons. The molecule has 0 bridgehead atoms. The number of unbranched alkanes of at least 4 members (excludes halogenated alkanes) is 5. The minimum Gasteiger partial charge on any atom is -0.0935 e. The summed E-state index contributed by atoms with van der Waals surface area (Å²) in [6, 6.07) is 0. The van der Waals surface area contributed by atoms with Crippen LogP contribution >= 0.6 is 12.2 Å². The molecular formula is C8H15S. The highest BCUT2D eigenvalue weighted by Crippen LogP contribution is 2.03. The van der Waals surface area contributed by atoms with E-state index in [-0.39, 0.29) is 0 Å². The Morgan fingerprint density at radius 2 is 1.78 bits per heavy atom. The van der Waals surface area contributed by atoms with E-state index in [1.807, 2.05) is 5.37 Å². The molecule has 0 aromatic rings. The minimum absolute atomic E-state index is 1.08. The van der Waals surface area contributed by atoms with Crippen molar-refractivity contribution in [3.8, 4) is 0 Å². The summed E-state index contributed by atoms with van der Waals surface area (Å²) in [7, 11) is 0. The Labute approximate surface area is 63.7 Å². The summed E-state index contributed by atoms with van der Waals surface area (Å²) < 4.78 is 0. The quantitative estimate of drug-likeness (QED) is 0.406. The molecule has 0 unspecified atom stereocenters. The summed E-state index contributed by atoms with van der Waals surface area (Å²) in [5.41, 5.74) is 0. The van der Waals surface area contributed by atoms with E-state index < -0.39 is 0 Å². The van der Waals surface area contributed by atoms with Crippen LogP contribution in [0.25, 0.3) is 0 Å². The van der Waals surface area contributed by atoms with E-state index in [9.17, 15) is 0 Å². The predicted molar refractivity (Wildman–Crippen MR) is 46.7 cm³/mol. The molecule has 0 fully saturated rings. The summed E-state index contributed by atoms with van der Waals surface area (Å²) >= 11 is 4.69. The van der Waals surface area contributed by atoms with Crippen LogP contribution < -0.4 is 0 Å². The fourth-order valence-electron chi connectivity index (χ4n) is 0.758. The molecule has 0 atom stereocenters. The van der Waals surface area contributed by atoms with Gasteiger partial charge in [0.15, 0.2) is 0 Å². The van der Waals surface area contributed by atoms with Crippen LogP contribution in [-0.4, -0.2) is 5.37 Å². The van der Waals surface area contributed by atoms with Crippen LogP contribution in [0.4, 0.5) is 0 Å². The number of thiocarbonyl (C=S) groups is 1. The average molecular weight is 143 g/mol. The van der Waals surface area contributed by atoms with E-state index in [0.717, 1.165) is 12.8 Å². The van der Waals surface area contributed by atoms with E-state index in [4.69, 9.17) is 12.2 Å². The molecular weight excluding hydrogens is 128 g/mol. The van der Waals surface area contributed by atoms with Gasteiger partial charge >= 0.3 is 0 Å². The van der Waals surface area contributed by atoms with E-state index in [1.165, 1.54) is 25.7 Å². The lowest BCUT2D eigenvalue weighted by atomic mass is 10.1. The van der Waals surface area contributed by atoms with Gasteiger partial charge in [-0.2, -0.15) is 0 Å². The van der Waals surface area contributed by atoms with Gasteiger partial charge in [0, 0.05) is 0 Å². The second-order valence-electron chi connectivity index (χ2n) is 2.22. The van der Waals surface area contributed by atoms with Crippen molar-refractivity contribution in [1.29, 1.82) is 0 Å². The molecule has 0 aliphatic heterocycles. The van der Waals surface area contributed by atoms with Gasteiger partial charge in [0.2, 0.25) is 0 Å². The van der Waals surface area contributed by atoms with Crippen molar-refractivity contribution in [2.24, 2.45) is 0 Å². The number of hydrogen-bond acceptors (Lipinski definition) is 1. The zero-order valence-corrected chi connectivity index (χ0v) is 6.75. The van der Waals surface area contributed by atoms with Gasteiger partial charge in [0.05, 0.1) is 0 Å². The Kier molecular flexibility index (Phi) is 8.17. The second-order valence-corrected chi connectivity index (χ2v) is 2.56. The Bertz CT molecular complexity index is 59.6. The lowest BCUT2D eigenvalue weighted by Crippen LogP contribution is -1.77. The third-order valence-electron chi connectivity index (χ3n) is 1.32. The fourth-order valence-corrected chi connectivity index (χ4v) is 0.925. The van der Waals surface area contributed by atoms with Crippen LogP contribution in [-0.2, 0) is 0 Å². The molecule has 0 aliphatic rings. The van der Waals surface area contributed by atoms with Crippen LogP contribution in [0, 0.1) is 6.92 Å². The monoisotopic (exact) mass is 143 g/mol. The molecule has 0 saturated carbocycles. The van der Waals surface area contributed by atoms with Crippen molar-refractivity contribution in [2.45, 2.75) is 38.5 Å². The molecule has 0 aromatic heterocycles. The Balaban J connectivity index is 2.66. The van der Waals surface area contributed by atoms with Crippen LogP contribution in [0.1, 0.15) is 38.5 Å². The molecule has 0 N–H and O–H groups in total. The van der Waals surface area contributed by atoms with E-state index in [1.54, 1.807) is 0 Å². The lowest BCUT2D eigenvalue weighted by molar-refractivity contribution is 0.661. The Morgan fingerprint density at radius 3 is 2.33 bits per heavy atom. The minimum atomic E-state index is 1.08. The van der Waals surface area contributed by atoms with Crippen LogP contribution in [0.15, 0.2) is 0 Å². The highest BCUT2D eigenvalue weighted by Gasteiger charge is 1.84. The predicted octanol–water partition coefficient (Wildman–Crippen LogP) is 3.16. The lowest BCUT2D eigenvalue weighted by Gasteiger charge is -1.94. The van der Waals surface area contributed by atoms with Gasteiger partial charge in [-0.15, -0.1) is 0 Å². The second kappa shape index (κ2) is 8.09. The van der Waals surface area contributed by atoms with Crippen molar-refractivity contribution in [2.75, 3.05) is 0 Å². The highest BCUT2D eigenvalue weighted by atomic mass is 32.1.